The molecule has 0 fully saturated rings. The molecule has 7 aromatic carbocycles. The van der Waals surface area contributed by atoms with Crippen molar-refractivity contribution in [3.63, 3.8) is 0 Å². The van der Waals surface area contributed by atoms with Gasteiger partial charge in [-0.25, -0.2) is 9.97 Å². The normalized spacial score (nSPS) is 12.7. The van der Waals surface area contributed by atoms with Crippen LogP contribution in [0, 0.1) is 0 Å². The Bertz CT molecular complexity index is 2900. The van der Waals surface area contributed by atoms with E-state index < -0.39 is 0 Å². The van der Waals surface area contributed by atoms with Crippen LogP contribution in [0.4, 0.5) is 34.1 Å². The highest BCUT2D eigenvalue weighted by Crippen LogP contribution is 2.39. The van der Waals surface area contributed by atoms with Gasteiger partial charge in [-0.3, -0.25) is 0 Å². The second-order valence-electron chi connectivity index (χ2n) is 22.6. The maximum Gasteiger partial charge on any atom is 0.220 e. The molecule has 354 valence electrons. The molecule has 0 N–H and O–H groups in total. The van der Waals surface area contributed by atoms with E-state index in [1.165, 1.54) is 22.3 Å². The van der Waals surface area contributed by atoms with Gasteiger partial charge in [-0.15, -0.1) is 0 Å². The zero-order valence-electron chi connectivity index (χ0n) is 42.9. The van der Waals surface area contributed by atoms with E-state index in [0.717, 1.165) is 45.3 Å². The summed E-state index contributed by atoms with van der Waals surface area (Å²) in [6, 6.07) is 56.6. The lowest BCUT2D eigenvalue weighted by Gasteiger charge is -2.28. The molecule has 6 heteroatoms. The zero-order valence-corrected chi connectivity index (χ0v) is 42.9. The van der Waals surface area contributed by atoms with Gasteiger partial charge in [0.15, 0.2) is 11.2 Å². The molecule has 2 heterocycles. The average molecular weight is 923 g/mol. The van der Waals surface area contributed by atoms with Gasteiger partial charge in [0.05, 0.1) is 0 Å². The van der Waals surface area contributed by atoms with Crippen LogP contribution in [0.25, 0.3) is 46.5 Å². The summed E-state index contributed by atoms with van der Waals surface area (Å²) in [5.74, 6) is 1.02. The van der Waals surface area contributed by atoms with E-state index in [9.17, 15) is 0 Å². The Morgan fingerprint density at radius 2 is 0.543 bits per heavy atom. The zero-order chi connectivity index (χ0) is 49.6. The SMILES string of the molecule is CC(C)(C)c1ccc(N(c2ccc(/C=C/c3nc4cc5oc(/C=C/c6ccc(N(c7ccc(C(C)(C)C)cc7)c7ccc(C(C)(C)C)cc7)cc6)nc5cc4o3)cc2)c2ccc(C(C)(C)C)cc2)cc1. The molecule has 0 bridgehead atoms. The number of aromatic nitrogens is 2. The fourth-order valence-corrected chi connectivity index (χ4v) is 8.67. The largest absolute Gasteiger partial charge is 0.437 e. The van der Waals surface area contributed by atoms with Crippen LogP contribution in [0.2, 0.25) is 0 Å². The van der Waals surface area contributed by atoms with Crippen LogP contribution in [0.5, 0.6) is 0 Å². The monoisotopic (exact) mass is 923 g/mol. The van der Waals surface area contributed by atoms with Crippen molar-refractivity contribution < 1.29 is 8.83 Å². The van der Waals surface area contributed by atoms with Crippen LogP contribution in [0.15, 0.2) is 167 Å². The number of hydrogen-bond acceptors (Lipinski definition) is 6. The molecular weight excluding hydrogens is 857 g/mol. The number of hydrogen-bond donors (Lipinski definition) is 0. The van der Waals surface area contributed by atoms with Gasteiger partial charge in [-0.2, -0.15) is 0 Å². The highest BCUT2D eigenvalue weighted by Gasteiger charge is 2.21. The molecule has 2 aromatic heterocycles. The summed E-state index contributed by atoms with van der Waals surface area (Å²) in [4.78, 5) is 14.2. The Labute approximate surface area is 415 Å². The summed E-state index contributed by atoms with van der Waals surface area (Å²) in [6.07, 6.45) is 7.86. The molecule has 0 spiro atoms. The first-order chi connectivity index (χ1) is 33.2. The minimum atomic E-state index is 0.0748. The van der Waals surface area contributed by atoms with Crippen molar-refractivity contribution in [1.82, 2.24) is 9.97 Å². The molecule has 0 saturated heterocycles. The molecule has 0 radical (unpaired) electrons. The lowest BCUT2D eigenvalue weighted by Crippen LogP contribution is -2.14. The fraction of sp³-hybridized carbons (Fsp3) is 0.250. The maximum atomic E-state index is 6.21. The Morgan fingerprint density at radius 3 is 0.771 bits per heavy atom. The van der Waals surface area contributed by atoms with Gasteiger partial charge < -0.3 is 18.6 Å². The number of nitrogens with zero attached hydrogens (tertiary/aromatic N) is 4. The second kappa shape index (κ2) is 18.5. The van der Waals surface area contributed by atoms with Crippen LogP contribution in [0.1, 0.15) is 128 Å². The smallest absolute Gasteiger partial charge is 0.220 e. The van der Waals surface area contributed by atoms with Crippen molar-refractivity contribution in [3.05, 3.63) is 203 Å². The first-order valence-corrected chi connectivity index (χ1v) is 24.5. The minimum absolute atomic E-state index is 0.0748. The summed E-state index contributed by atoms with van der Waals surface area (Å²) in [7, 11) is 0. The Morgan fingerprint density at radius 1 is 0.314 bits per heavy atom. The van der Waals surface area contributed by atoms with E-state index in [4.69, 9.17) is 18.8 Å². The molecule has 6 nitrogen and oxygen atoms in total. The summed E-state index contributed by atoms with van der Waals surface area (Å²) < 4.78 is 12.4. The van der Waals surface area contributed by atoms with Crippen LogP contribution >= 0.6 is 0 Å². The summed E-state index contributed by atoms with van der Waals surface area (Å²) >= 11 is 0. The number of rotatable bonds is 10. The third-order valence-electron chi connectivity index (χ3n) is 13.0. The van der Waals surface area contributed by atoms with Crippen molar-refractivity contribution in [2.45, 2.75) is 105 Å². The van der Waals surface area contributed by atoms with Gasteiger partial charge in [0.2, 0.25) is 11.8 Å². The molecule has 0 amide bonds. The summed E-state index contributed by atoms with van der Waals surface area (Å²) in [6.45, 7) is 27.0. The van der Waals surface area contributed by atoms with Gasteiger partial charge in [0.1, 0.15) is 11.0 Å². The highest BCUT2D eigenvalue weighted by atomic mass is 16.4. The predicted octanol–water partition coefficient (Wildman–Crippen LogP) is 18.4. The van der Waals surface area contributed by atoms with Crippen molar-refractivity contribution >= 4 is 80.6 Å². The fourth-order valence-electron chi connectivity index (χ4n) is 8.67. The van der Waals surface area contributed by atoms with Crippen molar-refractivity contribution in [3.8, 4) is 0 Å². The lowest BCUT2D eigenvalue weighted by atomic mass is 9.86. The van der Waals surface area contributed by atoms with Gasteiger partial charge in [-0.1, -0.05) is 156 Å². The first-order valence-electron chi connectivity index (χ1n) is 24.5. The Hall–Kier alpha value is -7.44. The predicted molar refractivity (Wildman–Crippen MR) is 296 cm³/mol. The first kappa shape index (κ1) is 47.6. The van der Waals surface area contributed by atoms with Crippen LogP contribution < -0.4 is 9.80 Å². The maximum absolute atomic E-state index is 6.21. The number of benzene rings is 7. The molecule has 0 saturated carbocycles. The van der Waals surface area contributed by atoms with Crippen LogP contribution in [-0.2, 0) is 21.7 Å². The quantitative estimate of drug-likeness (QED) is 0.136. The number of fused-ring (bicyclic) bond motifs is 2. The van der Waals surface area contributed by atoms with Gasteiger partial charge in [0.25, 0.3) is 0 Å². The average Bonchev–Trinajstić information content (AvgIpc) is 3.92. The number of anilines is 6. The van der Waals surface area contributed by atoms with E-state index in [2.05, 4.69) is 238 Å². The minimum Gasteiger partial charge on any atom is -0.437 e. The van der Waals surface area contributed by atoms with Gasteiger partial charge >= 0.3 is 0 Å². The van der Waals surface area contributed by atoms with E-state index in [1.54, 1.807) is 0 Å². The van der Waals surface area contributed by atoms with Crippen molar-refractivity contribution in [2.75, 3.05) is 9.80 Å². The molecule has 9 rings (SSSR count). The topological polar surface area (TPSA) is 58.5 Å². The van der Waals surface area contributed by atoms with Crippen molar-refractivity contribution in [2.24, 2.45) is 0 Å². The standard InChI is InChI=1S/C64H66N4O2/c1-61(2,3)45-19-31-51(32-20-45)67(52-33-21-46(22-34-52)62(4,5)6)49-27-13-43(14-28-49)17-39-59-65-55-41-58-56(42-57(55)69-59)66-60(70-58)40-18-44-15-29-50(30-16-44)68(53-35-23-47(24-36-53)63(7,8)9)54-37-25-48(26-38-54)64(10,11)12/h13-42H,1-12H3/b39-17+,40-18+. The molecule has 9 aromatic rings. The molecule has 0 unspecified atom stereocenters. The third kappa shape index (κ3) is 10.6. The molecule has 0 atom stereocenters. The molecule has 0 aliphatic rings. The van der Waals surface area contributed by atoms with Crippen LogP contribution in [-0.4, -0.2) is 9.97 Å². The van der Waals surface area contributed by atoms with Gasteiger partial charge in [-0.05, 0) is 140 Å². The Balaban J connectivity index is 0.903. The molecule has 70 heavy (non-hydrogen) atoms. The highest BCUT2D eigenvalue weighted by molar-refractivity contribution is 5.91. The van der Waals surface area contributed by atoms with E-state index >= 15 is 0 Å². The third-order valence-corrected chi connectivity index (χ3v) is 13.0. The molecular formula is C64H66N4O2. The molecule has 0 aliphatic carbocycles. The van der Waals surface area contributed by atoms with Crippen molar-refractivity contribution in [1.29, 1.82) is 0 Å². The Kier molecular flexibility index (Phi) is 12.6. The summed E-state index contributed by atoms with van der Waals surface area (Å²) in [5, 5.41) is 0. The van der Waals surface area contributed by atoms with E-state index in [0.29, 0.717) is 34.0 Å². The summed E-state index contributed by atoms with van der Waals surface area (Å²) in [5.41, 5.74) is 16.9. The second-order valence-corrected chi connectivity index (χ2v) is 22.6. The van der Waals surface area contributed by atoms with Crippen LogP contribution in [0.3, 0.4) is 0 Å². The van der Waals surface area contributed by atoms with E-state index in [1.807, 2.05) is 36.4 Å². The lowest BCUT2D eigenvalue weighted by molar-refractivity contribution is 0.588. The number of oxazole rings is 2. The van der Waals surface area contributed by atoms with Gasteiger partial charge in [0, 0.05) is 58.4 Å². The molecule has 0 aliphatic heterocycles. The van der Waals surface area contributed by atoms with E-state index in [-0.39, 0.29) is 21.7 Å².